The maximum absolute atomic E-state index is 11.8. The molecule has 1 aliphatic rings. The number of aliphatic hydroxyl groups excluding tert-OH is 1. The molecule has 0 bridgehead atoms. The summed E-state index contributed by atoms with van der Waals surface area (Å²) in [4.78, 5) is 23.2. The zero-order valence-corrected chi connectivity index (χ0v) is 14.3. The Morgan fingerprint density at radius 2 is 1.68 bits per heavy atom. The number of nitrogens with one attached hydrogen (secondary N) is 2. The number of amides is 2. The third-order valence-corrected chi connectivity index (χ3v) is 3.95. The summed E-state index contributed by atoms with van der Waals surface area (Å²) in [5.41, 5.74) is -0.493. The Labute approximate surface area is 133 Å². The van der Waals surface area contributed by atoms with E-state index in [1.807, 2.05) is 27.7 Å². The number of carbonyl (C=O) groups is 2. The van der Waals surface area contributed by atoms with Gasteiger partial charge in [0.2, 0.25) is 5.91 Å². The molecule has 1 rings (SSSR count). The van der Waals surface area contributed by atoms with Crippen molar-refractivity contribution in [2.24, 2.45) is 5.92 Å². The monoisotopic (exact) mass is 314 g/mol. The first-order chi connectivity index (χ1) is 10.1. The van der Waals surface area contributed by atoms with Crippen molar-refractivity contribution in [3.63, 3.8) is 0 Å². The third-order valence-electron chi connectivity index (χ3n) is 3.95. The second-order valence-corrected chi connectivity index (χ2v) is 7.23. The topological polar surface area (TPSA) is 87.7 Å². The van der Waals surface area contributed by atoms with Crippen LogP contribution in [-0.4, -0.2) is 40.9 Å². The number of rotatable bonds is 4. The first-order valence-electron chi connectivity index (χ1n) is 8.06. The molecule has 2 amide bonds. The average Bonchev–Trinajstić information content (AvgIpc) is 2.36. The van der Waals surface area contributed by atoms with Crippen LogP contribution in [-0.2, 0) is 9.53 Å². The van der Waals surface area contributed by atoms with E-state index < -0.39 is 11.7 Å². The van der Waals surface area contributed by atoms with Crippen LogP contribution >= 0.6 is 0 Å². The Kier molecular flexibility index (Phi) is 6.66. The number of hydrogen-bond acceptors (Lipinski definition) is 4. The van der Waals surface area contributed by atoms with Gasteiger partial charge in [0.1, 0.15) is 11.7 Å². The Morgan fingerprint density at radius 3 is 2.14 bits per heavy atom. The lowest BCUT2D eigenvalue weighted by molar-refractivity contribution is -0.129. The van der Waals surface area contributed by atoms with E-state index in [0.717, 1.165) is 25.7 Å². The highest BCUT2D eigenvalue weighted by Gasteiger charge is 2.28. The largest absolute Gasteiger partial charge is 0.444 e. The summed E-state index contributed by atoms with van der Waals surface area (Å²) in [6.07, 6.45) is 2.24. The molecule has 0 aromatic carbocycles. The molecule has 0 heterocycles. The molecule has 128 valence electrons. The molecule has 1 fully saturated rings. The molecule has 0 unspecified atom stereocenters. The molecule has 3 N–H and O–H groups in total. The van der Waals surface area contributed by atoms with E-state index >= 15 is 0 Å². The molecular formula is C16H30N2O4. The quantitative estimate of drug-likeness (QED) is 0.740. The molecule has 6 heteroatoms. The molecule has 0 aliphatic heterocycles. The van der Waals surface area contributed by atoms with Crippen molar-refractivity contribution >= 4 is 12.0 Å². The molecule has 0 aromatic rings. The van der Waals surface area contributed by atoms with E-state index in [-0.39, 0.29) is 24.1 Å². The molecule has 2 atom stereocenters. The zero-order chi connectivity index (χ0) is 16.9. The minimum atomic E-state index is -0.967. The van der Waals surface area contributed by atoms with Gasteiger partial charge in [-0.25, -0.2) is 4.79 Å². The summed E-state index contributed by atoms with van der Waals surface area (Å²) in [5, 5.41) is 15.0. The van der Waals surface area contributed by atoms with E-state index in [0.29, 0.717) is 5.92 Å². The van der Waals surface area contributed by atoms with Crippen molar-refractivity contribution in [3.05, 3.63) is 0 Å². The fourth-order valence-electron chi connectivity index (χ4n) is 2.70. The van der Waals surface area contributed by atoms with Gasteiger partial charge in [0.05, 0.1) is 0 Å². The molecular weight excluding hydrogens is 284 g/mol. The second-order valence-electron chi connectivity index (χ2n) is 7.23. The van der Waals surface area contributed by atoms with Crippen LogP contribution in [0.2, 0.25) is 0 Å². The SMILES string of the molecule is C[C@@H](O)C(=O)N[C@H]1CC[C@H]([C@@H](C)NC(=O)OC(C)(C)C)CC1. The van der Waals surface area contributed by atoms with Crippen molar-refractivity contribution in [3.8, 4) is 0 Å². The first-order valence-corrected chi connectivity index (χ1v) is 8.06. The van der Waals surface area contributed by atoms with Crippen LogP contribution in [0.15, 0.2) is 0 Å². The fraction of sp³-hybridized carbons (Fsp3) is 0.875. The molecule has 1 aliphatic carbocycles. The summed E-state index contributed by atoms with van der Waals surface area (Å²) in [5.74, 6) is 0.0654. The van der Waals surface area contributed by atoms with Crippen LogP contribution in [0.1, 0.15) is 60.3 Å². The Bertz CT molecular complexity index is 382. The Morgan fingerprint density at radius 1 is 1.14 bits per heavy atom. The van der Waals surface area contributed by atoms with Gasteiger partial charge in [-0.1, -0.05) is 0 Å². The highest BCUT2D eigenvalue weighted by Crippen LogP contribution is 2.27. The van der Waals surface area contributed by atoms with Gasteiger partial charge in [0.15, 0.2) is 0 Å². The lowest BCUT2D eigenvalue weighted by atomic mass is 9.82. The molecule has 0 radical (unpaired) electrons. The highest BCUT2D eigenvalue weighted by atomic mass is 16.6. The molecule has 6 nitrogen and oxygen atoms in total. The lowest BCUT2D eigenvalue weighted by Gasteiger charge is -2.33. The van der Waals surface area contributed by atoms with E-state index in [2.05, 4.69) is 10.6 Å². The van der Waals surface area contributed by atoms with Gasteiger partial charge < -0.3 is 20.5 Å². The number of aliphatic hydroxyl groups is 1. The van der Waals surface area contributed by atoms with Gasteiger partial charge in [-0.3, -0.25) is 4.79 Å². The minimum Gasteiger partial charge on any atom is -0.444 e. The summed E-state index contributed by atoms with van der Waals surface area (Å²) in [6, 6.07) is 0.162. The van der Waals surface area contributed by atoms with Crippen molar-refractivity contribution < 1.29 is 19.4 Å². The summed E-state index contributed by atoms with van der Waals surface area (Å²) in [7, 11) is 0. The summed E-state index contributed by atoms with van der Waals surface area (Å²) >= 11 is 0. The van der Waals surface area contributed by atoms with Gasteiger partial charge in [-0.15, -0.1) is 0 Å². The van der Waals surface area contributed by atoms with Crippen molar-refractivity contribution in [1.82, 2.24) is 10.6 Å². The molecule has 0 spiro atoms. The Hall–Kier alpha value is -1.30. The molecule has 0 saturated heterocycles. The van der Waals surface area contributed by atoms with Gasteiger partial charge in [0.25, 0.3) is 0 Å². The zero-order valence-electron chi connectivity index (χ0n) is 14.3. The predicted molar refractivity (Wildman–Crippen MR) is 84.4 cm³/mol. The molecule has 1 saturated carbocycles. The normalized spacial score (nSPS) is 25.0. The van der Waals surface area contributed by atoms with E-state index in [1.165, 1.54) is 6.92 Å². The van der Waals surface area contributed by atoms with Crippen LogP contribution in [0.5, 0.6) is 0 Å². The Balaban J connectivity index is 2.35. The predicted octanol–water partition coefficient (Wildman–Crippen LogP) is 1.96. The fourth-order valence-corrected chi connectivity index (χ4v) is 2.70. The molecule has 22 heavy (non-hydrogen) atoms. The number of alkyl carbamates (subject to hydrolysis) is 1. The number of carbonyl (C=O) groups excluding carboxylic acids is 2. The standard InChI is InChI=1S/C16H30N2O4/c1-10(17-15(21)22-16(3,4)5)12-6-8-13(9-7-12)18-14(20)11(2)19/h10-13,19H,6-9H2,1-5H3,(H,17,21)(H,18,20)/t10-,11-,12-,13-/m1/s1. The van der Waals surface area contributed by atoms with Crippen LogP contribution in [0.4, 0.5) is 4.79 Å². The first kappa shape index (κ1) is 18.7. The van der Waals surface area contributed by atoms with Crippen LogP contribution in [0.25, 0.3) is 0 Å². The van der Waals surface area contributed by atoms with Gasteiger partial charge in [0, 0.05) is 12.1 Å². The van der Waals surface area contributed by atoms with E-state index in [4.69, 9.17) is 4.74 Å². The lowest BCUT2D eigenvalue weighted by Crippen LogP contribution is -2.46. The second kappa shape index (κ2) is 7.81. The van der Waals surface area contributed by atoms with E-state index in [9.17, 15) is 14.7 Å². The maximum Gasteiger partial charge on any atom is 0.407 e. The van der Waals surface area contributed by atoms with Crippen LogP contribution in [0, 0.1) is 5.92 Å². The summed E-state index contributed by atoms with van der Waals surface area (Å²) < 4.78 is 5.26. The van der Waals surface area contributed by atoms with Crippen LogP contribution < -0.4 is 10.6 Å². The van der Waals surface area contributed by atoms with Crippen molar-refractivity contribution in [2.75, 3.05) is 0 Å². The smallest absolute Gasteiger partial charge is 0.407 e. The molecule has 0 aromatic heterocycles. The maximum atomic E-state index is 11.8. The third kappa shape index (κ3) is 6.64. The van der Waals surface area contributed by atoms with Gasteiger partial charge in [-0.2, -0.15) is 0 Å². The average molecular weight is 314 g/mol. The minimum absolute atomic E-state index is 0.0447. The van der Waals surface area contributed by atoms with Gasteiger partial charge >= 0.3 is 6.09 Å². The van der Waals surface area contributed by atoms with Crippen molar-refractivity contribution in [2.45, 2.75) is 84.1 Å². The number of hydrogen-bond donors (Lipinski definition) is 3. The number of ether oxygens (including phenoxy) is 1. The van der Waals surface area contributed by atoms with Crippen molar-refractivity contribution in [1.29, 1.82) is 0 Å². The van der Waals surface area contributed by atoms with E-state index in [1.54, 1.807) is 0 Å². The highest BCUT2D eigenvalue weighted by molar-refractivity contribution is 5.80. The van der Waals surface area contributed by atoms with Gasteiger partial charge in [-0.05, 0) is 66.2 Å². The summed E-state index contributed by atoms with van der Waals surface area (Å²) in [6.45, 7) is 8.98. The van der Waals surface area contributed by atoms with Crippen LogP contribution in [0.3, 0.4) is 0 Å².